The van der Waals surface area contributed by atoms with Crippen LogP contribution in [0.25, 0.3) is 0 Å². The Labute approximate surface area is 80.3 Å². The van der Waals surface area contributed by atoms with E-state index in [1.165, 1.54) is 0 Å². The fourth-order valence-corrected chi connectivity index (χ4v) is 0.726. The molecule has 0 unspecified atom stereocenters. The summed E-state index contributed by atoms with van der Waals surface area (Å²) < 4.78 is 0. The molecule has 0 spiro atoms. The molecule has 1 rings (SSSR count). The molecule has 0 aromatic carbocycles. The van der Waals surface area contributed by atoms with Crippen molar-refractivity contribution in [3.8, 4) is 0 Å². The molecule has 0 aliphatic rings. The van der Waals surface area contributed by atoms with Crippen molar-refractivity contribution in [2.24, 2.45) is 0 Å². The number of nitrogens with zero attached hydrogens (tertiary/aromatic N) is 1. The summed E-state index contributed by atoms with van der Waals surface area (Å²) in [7, 11) is 0. The summed E-state index contributed by atoms with van der Waals surface area (Å²) in [6, 6.07) is 1.77. The molecule has 0 fully saturated rings. The Bertz CT molecular complexity index is 260. The average Bonchev–Trinajstić information content (AvgIpc) is 1.94. The number of rotatable bonds is 1. The van der Waals surface area contributed by atoms with E-state index in [0.717, 1.165) is 17.5 Å². The van der Waals surface area contributed by atoms with Gasteiger partial charge in [-0.25, -0.2) is 0 Å². The summed E-state index contributed by atoms with van der Waals surface area (Å²) in [5.74, 6) is 0. The minimum absolute atomic E-state index is 0. The van der Waals surface area contributed by atoms with E-state index in [1.54, 1.807) is 13.0 Å². The summed E-state index contributed by atoms with van der Waals surface area (Å²) in [5.41, 5.74) is 2.28. The van der Waals surface area contributed by atoms with Crippen molar-refractivity contribution in [1.82, 2.24) is 4.98 Å². The molecule has 0 amide bonds. The van der Waals surface area contributed by atoms with Gasteiger partial charge in [0.25, 0.3) is 0 Å². The van der Waals surface area contributed by atoms with Crippen LogP contribution in [0.15, 0.2) is 6.07 Å². The van der Waals surface area contributed by atoms with Crippen LogP contribution in [0.3, 0.4) is 0 Å². The Balaban J connectivity index is 0.000001000. The van der Waals surface area contributed by atoms with Crippen molar-refractivity contribution in [1.29, 1.82) is 0 Å². The van der Waals surface area contributed by atoms with Gasteiger partial charge in [-0.3, -0.25) is 0 Å². The maximum Gasteiger partial charge on any atom is 0.127 e. The molecule has 0 atom stereocenters. The zero-order valence-electron chi connectivity index (χ0n) is 6.42. The number of aryl methyl sites for hydroxylation is 2. The van der Waals surface area contributed by atoms with Crippen LogP contribution >= 0.6 is 0 Å². The van der Waals surface area contributed by atoms with E-state index >= 15 is 0 Å². The van der Waals surface area contributed by atoms with Gasteiger partial charge in [-0.2, -0.15) is 6.07 Å². The number of hydrogen-bond donors (Lipinski definition) is 0. The minimum atomic E-state index is 0. The number of aldehydes is 1. The number of carbonyl (C=O) groups excluding carboxylic acids is 1. The van der Waals surface area contributed by atoms with Gasteiger partial charge >= 0.3 is 0 Å². The molecule has 2 nitrogen and oxygen atoms in total. The summed E-state index contributed by atoms with van der Waals surface area (Å²) in [6.45, 7) is 3.65. The molecule has 0 bridgehead atoms. The predicted octanol–water partition coefficient (Wildman–Crippen LogP) is 1.31. The molecule has 3 heteroatoms. The van der Waals surface area contributed by atoms with Crippen molar-refractivity contribution in [2.45, 2.75) is 13.8 Å². The Morgan fingerprint density at radius 2 is 2.18 bits per heavy atom. The molecule has 11 heavy (non-hydrogen) atoms. The number of aromatic nitrogens is 1. The van der Waals surface area contributed by atoms with Gasteiger partial charge < -0.3 is 9.78 Å². The average molecular weight is 318 g/mol. The second-order valence-electron chi connectivity index (χ2n) is 2.21. The van der Waals surface area contributed by atoms with Gasteiger partial charge in [-0.15, -0.1) is 5.56 Å². The first-order valence-corrected chi connectivity index (χ1v) is 3.05. The first-order chi connectivity index (χ1) is 4.74. The van der Waals surface area contributed by atoms with E-state index in [-0.39, 0.29) is 21.1 Å². The predicted molar refractivity (Wildman–Crippen MR) is 37.9 cm³/mol. The van der Waals surface area contributed by atoms with Crippen molar-refractivity contribution in [3.63, 3.8) is 0 Å². The van der Waals surface area contributed by atoms with Gasteiger partial charge in [0, 0.05) is 21.1 Å². The van der Waals surface area contributed by atoms with E-state index in [4.69, 9.17) is 0 Å². The van der Waals surface area contributed by atoms with E-state index in [2.05, 4.69) is 11.2 Å². The van der Waals surface area contributed by atoms with E-state index in [1.807, 2.05) is 6.92 Å². The van der Waals surface area contributed by atoms with Gasteiger partial charge in [0.15, 0.2) is 0 Å². The summed E-state index contributed by atoms with van der Waals surface area (Å²) in [4.78, 5) is 14.2. The third-order valence-corrected chi connectivity index (χ3v) is 1.32. The third kappa shape index (κ3) is 2.55. The molecule has 0 aliphatic heterocycles. The smallest absolute Gasteiger partial charge is 0.127 e. The van der Waals surface area contributed by atoms with Gasteiger partial charge in [-0.05, 0) is 0 Å². The first kappa shape index (κ1) is 10.5. The van der Waals surface area contributed by atoms with Crippen LogP contribution < -0.4 is 0 Å². The van der Waals surface area contributed by atoms with Gasteiger partial charge in [-0.1, -0.05) is 31.3 Å². The molecule has 58 valence electrons. The molecular formula is C8H8NOW-. The van der Waals surface area contributed by atoms with Gasteiger partial charge in [0.05, 0.1) is 0 Å². The van der Waals surface area contributed by atoms with Crippen LogP contribution in [-0.2, 0) is 21.1 Å². The molecule has 0 aliphatic carbocycles. The normalized spacial score (nSPS) is 8.55. The van der Waals surface area contributed by atoms with Crippen LogP contribution in [-0.4, -0.2) is 11.3 Å². The molecule has 1 aromatic heterocycles. The first-order valence-electron chi connectivity index (χ1n) is 3.05. The summed E-state index contributed by atoms with van der Waals surface area (Å²) in [6.07, 6.45) is 3.57. The Morgan fingerprint density at radius 3 is 2.64 bits per heavy atom. The zero-order chi connectivity index (χ0) is 7.56. The van der Waals surface area contributed by atoms with E-state index in [9.17, 15) is 4.79 Å². The van der Waals surface area contributed by atoms with Crippen LogP contribution in [0.4, 0.5) is 0 Å². The second-order valence-corrected chi connectivity index (χ2v) is 2.21. The third-order valence-electron chi connectivity index (χ3n) is 1.32. The molecule has 0 N–H and O–H groups in total. The van der Waals surface area contributed by atoms with Crippen LogP contribution in [0.2, 0.25) is 0 Å². The maximum absolute atomic E-state index is 10.3. The number of carbonyl (C=O) groups is 1. The maximum atomic E-state index is 10.3. The number of pyridine rings is 1. The van der Waals surface area contributed by atoms with Gasteiger partial charge in [0.2, 0.25) is 0 Å². The van der Waals surface area contributed by atoms with Crippen molar-refractivity contribution in [2.75, 3.05) is 0 Å². The molecule has 1 heterocycles. The molecular weight excluding hydrogens is 310 g/mol. The summed E-state index contributed by atoms with van der Waals surface area (Å²) >= 11 is 0. The van der Waals surface area contributed by atoms with Crippen LogP contribution in [0.5, 0.6) is 0 Å². The van der Waals surface area contributed by atoms with Crippen LogP contribution in [0.1, 0.15) is 21.6 Å². The van der Waals surface area contributed by atoms with Crippen LogP contribution in [0, 0.1) is 20.0 Å². The van der Waals surface area contributed by atoms with Crippen molar-refractivity contribution >= 4 is 6.29 Å². The van der Waals surface area contributed by atoms with Crippen molar-refractivity contribution < 1.29 is 25.9 Å². The SMILES string of the molecule is Cc1[c-]nc(C)c(C=O)c1.[W]. The molecule has 0 saturated heterocycles. The number of hydrogen-bond acceptors (Lipinski definition) is 2. The fourth-order valence-electron chi connectivity index (χ4n) is 0.726. The van der Waals surface area contributed by atoms with E-state index < -0.39 is 0 Å². The quantitative estimate of drug-likeness (QED) is 0.577. The Morgan fingerprint density at radius 1 is 1.55 bits per heavy atom. The zero-order valence-corrected chi connectivity index (χ0v) is 9.35. The van der Waals surface area contributed by atoms with Crippen molar-refractivity contribution in [3.05, 3.63) is 29.1 Å². The molecule has 0 saturated carbocycles. The molecule has 1 aromatic rings. The van der Waals surface area contributed by atoms with Gasteiger partial charge in [0.1, 0.15) is 6.29 Å². The topological polar surface area (TPSA) is 30.0 Å². The summed E-state index contributed by atoms with van der Waals surface area (Å²) in [5, 5.41) is 0. The Hall–Kier alpha value is -0.492. The largest absolute Gasteiger partial charge is 0.390 e. The molecule has 0 radical (unpaired) electrons. The second kappa shape index (κ2) is 4.40. The standard InChI is InChI=1S/C8H8NO.W/c1-6-3-8(5-10)7(2)9-4-6;/h3,5H,1-2H3;/q-1;. The van der Waals surface area contributed by atoms with E-state index in [0.29, 0.717) is 5.56 Å². The monoisotopic (exact) mass is 318 g/mol. The Kier molecular flexibility index (Phi) is 4.20. The minimum Gasteiger partial charge on any atom is -0.390 e. The fraction of sp³-hybridized carbons (Fsp3) is 0.250.